The molecule has 0 spiro atoms. The van der Waals surface area contributed by atoms with Crippen molar-refractivity contribution in [2.45, 2.75) is 11.4 Å². The quantitative estimate of drug-likeness (QED) is 0.754. The summed E-state index contributed by atoms with van der Waals surface area (Å²) in [7, 11) is 1.84. The number of amides is 1. The van der Waals surface area contributed by atoms with Crippen molar-refractivity contribution in [2.24, 2.45) is 0 Å². The van der Waals surface area contributed by atoms with Crippen LogP contribution in [0.5, 0.6) is 0 Å². The zero-order valence-electron chi connectivity index (χ0n) is 11.3. The third-order valence-corrected chi connectivity index (χ3v) is 4.39. The van der Waals surface area contributed by atoms with Crippen LogP contribution in [0.4, 0.5) is 0 Å². The number of halogens is 1. The fraction of sp³-hybridized carbons (Fsp3) is 0.188. The zero-order valence-corrected chi connectivity index (χ0v) is 13.7. The van der Waals surface area contributed by atoms with Gasteiger partial charge in [-0.05, 0) is 29.8 Å². The van der Waals surface area contributed by atoms with E-state index in [2.05, 4.69) is 15.9 Å². The molecule has 0 unspecified atom stereocenters. The van der Waals surface area contributed by atoms with Crippen LogP contribution in [0.2, 0.25) is 0 Å². The minimum atomic E-state index is 0.141. The van der Waals surface area contributed by atoms with Crippen LogP contribution in [-0.4, -0.2) is 23.6 Å². The molecule has 0 saturated heterocycles. The van der Waals surface area contributed by atoms with Crippen molar-refractivity contribution in [3.8, 4) is 0 Å². The highest BCUT2D eigenvalue weighted by Crippen LogP contribution is 2.21. The molecule has 0 N–H and O–H groups in total. The van der Waals surface area contributed by atoms with Gasteiger partial charge in [-0.1, -0.05) is 46.3 Å². The minimum Gasteiger partial charge on any atom is -0.341 e. The maximum absolute atomic E-state index is 12.1. The second-order valence-electron chi connectivity index (χ2n) is 4.48. The van der Waals surface area contributed by atoms with Crippen LogP contribution >= 0.6 is 27.7 Å². The van der Waals surface area contributed by atoms with E-state index in [9.17, 15) is 4.79 Å². The van der Waals surface area contributed by atoms with Crippen LogP contribution in [0.15, 0.2) is 64.0 Å². The highest BCUT2D eigenvalue weighted by molar-refractivity contribution is 9.10. The smallest absolute Gasteiger partial charge is 0.232 e. The Labute approximate surface area is 132 Å². The molecule has 0 fully saturated rings. The number of hydrogen-bond acceptors (Lipinski definition) is 2. The number of rotatable bonds is 5. The van der Waals surface area contributed by atoms with Gasteiger partial charge in [-0.3, -0.25) is 4.79 Å². The van der Waals surface area contributed by atoms with Crippen molar-refractivity contribution in [2.75, 3.05) is 12.8 Å². The van der Waals surface area contributed by atoms with Gasteiger partial charge in [-0.2, -0.15) is 0 Å². The first-order chi connectivity index (χ1) is 9.65. The summed E-state index contributed by atoms with van der Waals surface area (Å²) in [5.74, 6) is 0.604. The Morgan fingerprint density at radius 3 is 2.40 bits per heavy atom. The van der Waals surface area contributed by atoms with Gasteiger partial charge in [0.1, 0.15) is 0 Å². The van der Waals surface area contributed by atoms with Gasteiger partial charge in [-0.15, -0.1) is 11.8 Å². The van der Waals surface area contributed by atoms with Gasteiger partial charge in [0.2, 0.25) is 5.91 Å². The molecule has 0 bridgehead atoms. The molecule has 2 aromatic carbocycles. The van der Waals surface area contributed by atoms with Gasteiger partial charge in [0, 0.05) is 23.0 Å². The molecule has 0 aromatic heterocycles. The zero-order chi connectivity index (χ0) is 14.4. The highest BCUT2D eigenvalue weighted by Gasteiger charge is 2.09. The first kappa shape index (κ1) is 15.1. The number of nitrogens with zero attached hydrogens (tertiary/aromatic N) is 1. The number of benzene rings is 2. The van der Waals surface area contributed by atoms with Gasteiger partial charge in [0.05, 0.1) is 5.75 Å². The molecular weight excluding hydrogens is 334 g/mol. The van der Waals surface area contributed by atoms with Crippen molar-refractivity contribution in [1.82, 2.24) is 4.90 Å². The molecule has 4 heteroatoms. The van der Waals surface area contributed by atoms with Crippen molar-refractivity contribution in [3.63, 3.8) is 0 Å². The lowest BCUT2D eigenvalue weighted by Gasteiger charge is -2.17. The Hall–Kier alpha value is -1.26. The lowest BCUT2D eigenvalue weighted by molar-refractivity contribution is -0.127. The normalized spacial score (nSPS) is 10.3. The summed E-state index contributed by atoms with van der Waals surface area (Å²) < 4.78 is 1.05. The molecule has 0 aliphatic rings. The van der Waals surface area contributed by atoms with E-state index >= 15 is 0 Å². The van der Waals surface area contributed by atoms with E-state index in [1.54, 1.807) is 16.7 Å². The predicted octanol–water partition coefficient (Wildman–Crippen LogP) is 4.20. The Bertz CT molecular complexity index is 556. The first-order valence-electron chi connectivity index (χ1n) is 6.31. The molecule has 2 nitrogen and oxygen atoms in total. The van der Waals surface area contributed by atoms with E-state index in [0.29, 0.717) is 12.3 Å². The van der Waals surface area contributed by atoms with Gasteiger partial charge < -0.3 is 4.90 Å². The van der Waals surface area contributed by atoms with Crippen LogP contribution in [0.1, 0.15) is 5.56 Å². The second-order valence-corrected chi connectivity index (χ2v) is 6.44. The molecule has 2 rings (SSSR count). The fourth-order valence-electron chi connectivity index (χ4n) is 1.73. The summed E-state index contributed by atoms with van der Waals surface area (Å²) in [6.07, 6.45) is 0. The van der Waals surface area contributed by atoms with Crippen molar-refractivity contribution >= 4 is 33.6 Å². The Kier molecular flexibility index (Phi) is 5.68. The van der Waals surface area contributed by atoms with Crippen molar-refractivity contribution in [3.05, 3.63) is 64.6 Å². The van der Waals surface area contributed by atoms with E-state index in [0.717, 1.165) is 14.9 Å². The van der Waals surface area contributed by atoms with E-state index in [-0.39, 0.29) is 5.91 Å². The summed E-state index contributed by atoms with van der Waals surface area (Å²) in [4.78, 5) is 15.0. The average Bonchev–Trinajstić information content (AvgIpc) is 2.47. The summed E-state index contributed by atoms with van der Waals surface area (Å²) in [6, 6.07) is 18.0. The van der Waals surface area contributed by atoms with E-state index in [1.165, 1.54) is 0 Å². The topological polar surface area (TPSA) is 20.3 Å². The number of carbonyl (C=O) groups excluding carboxylic acids is 1. The van der Waals surface area contributed by atoms with E-state index in [1.807, 2.05) is 61.6 Å². The van der Waals surface area contributed by atoms with Gasteiger partial charge in [-0.25, -0.2) is 0 Å². The molecule has 2 aromatic rings. The SMILES string of the molecule is CN(Cc1ccccc1)C(=O)CSc1ccc(Br)cc1. The number of thioether (sulfide) groups is 1. The standard InChI is InChI=1S/C16H16BrNOS/c1-18(11-13-5-3-2-4-6-13)16(19)12-20-15-9-7-14(17)8-10-15/h2-10H,11-12H2,1H3. The molecule has 0 aliphatic heterocycles. The fourth-order valence-corrected chi connectivity index (χ4v) is 2.83. The van der Waals surface area contributed by atoms with Crippen LogP contribution < -0.4 is 0 Å². The maximum Gasteiger partial charge on any atom is 0.232 e. The third-order valence-electron chi connectivity index (χ3n) is 2.86. The largest absolute Gasteiger partial charge is 0.341 e. The highest BCUT2D eigenvalue weighted by atomic mass is 79.9. The summed E-state index contributed by atoms with van der Waals surface area (Å²) in [5, 5.41) is 0. The molecule has 0 saturated carbocycles. The molecule has 0 heterocycles. The number of hydrogen-bond donors (Lipinski definition) is 0. The maximum atomic E-state index is 12.1. The molecule has 0 atom stereocenters. The summed E-state index contributed by atoms with van der Waals surface area (Å²) >= 11 is 4.97. The molecule has 104 valence electrons. The lowest BCUT2D eigenvalue weighted by atomic mass is 10.2. The summed E-state index contributed by atoms with van der Waals surface area (Å²) in [5.41, 5.74) is 1.15. The monoisotopic (exact) mass is 349 g/mol. The van der Waals surface area contributed by atoms with Gasteiger partial charge >= 0.3 is 0 Å². The average molecular weight is 350 g/mol. The molecule has 0 radical (unpaired) electrons. The number of carbonyl (C=O) groups is 1. The predicted molar refractivity (Wildman–Crippen MR) is 87.8 cm³/mol. The van der Waals surface area contributed by atoms with E-state index < -0.39 is 0 Å². The van der Waals surface area contributed by atoms with Gasteiger partial charge in [0.25, 0.3) is 0 Å². The molecular formula is C16H16BrNOS. The Morgan fingerprint density at radius 2 is 1.75 bits per heavy atom. The van der Waals surface area contributed by atoms with Crippen LogP contribution in [0.3, 0.4) is 0 Å². The Balaban J connectivity index is 1.83. The molecule has 20 heavy (non-hydrogen) atoms. The van der Waals surface area contributed by atoms with Gasteiger partial charge in [0.15, 0.2) is 0 Å². The third kappa shape index (κ3) is 4.69. The molecule has 0 aliphatic carbocycles. The van der Waals surface area contributed by atoms with E-state index in [4.69, 9.17) is 0 Å². The first-order valence-corrected chi connectivity index (χ1v) is 8.09. The summed E-state index contributed by atoms with van der Waals surface area (Å²) in [6.45, 7) is 0.653. The van der Waals surface area contributed by atoms with Crippen LogP contribution in [-0.2, 0) is 11.3 Å². The minimum absolute atomic E-state index is 0.141. The lowest BCUT2D eigenvalue weighted by Crippen LogP contribution is -2.27. The van der Waals surface area contributed by atoms with Crippen molar-refractivity contribution < 1.29 is 4.79 Å². The second kappa shape index (κ2) is 7.50. The van der Waals surface area contributed by atoms with Crippen LogP contribution in [0.25, 0.3) is 0 Å². The molecule has 1 amide bonds. The van der Waals surface area contributed by atoms with Crippen molar-refractivity contribution in [1.29, 1.82) is 0 Å². The Morgan fingerprint density at radius 1 is 1.10 bits per heavy atom. The van der Waals surface area contributed by atoms with Crippen LogP contribution in [0, 0.1) is 0 Å².